The molecule has 15 heavy (non-hydrogen) atoms. The Morgan fingerprint density at radius 3 is 2.67 bits per heavy atom. The fraction of sp³-hybridized carbons (Fsp3) is 0.600. The van der Waals surface area contributed by atoms with Gasteiger partial charge >= 0.3 is 0 Å². The van der Waals surface area contributed by atoms with Crippen molar-refractivity contribution in [3.8, 4) is 0 Å². The molecule has 0 spiro atoms. The number of nitrogens with zero attached hydrogens (tertiary/aromatic N) is 2. The number of aliphatic hydroxyl groups excluding tert-OH is 1. The number of hydrogen-bond acceptors (Lipinski definition) is 5. The highest BCUT2D eigenvalue weighted by atomic mass is 32.2. The fourth-order valence-corrected chi connectivity index (χ4v) is 2.02. The van der Waals surface area contributed by atoms with Crippen LogP contribution in [0.3, 0.4) is 0 Å². The van der Waals surface area contributed by atoms with Crippen LogP contribution in [-0.4, -0.2) is 40.0 Å². The van der Waals surface area contributed by atoms with Crippen LogP contribution in [0.15, 0.2) is 23.6 Å². The van der Waals surface area contributed by atoms with Crippen LogP contribution >= 0.6 is 11.8 Å². The first-order valence-electron chi connectivity index (χ1n) is 4.90. The molecule has 1 rings (SSSR count). The predicted octanol–water partition coefficient (Wildman–Crippen LogP) is 0.929. The van der Waals surface area contributed by atoms with E-state index < -0.39 is 0 Å². The average Bonchev–Trinajstić information content (AvgIpc) is 2.30. The molecule has 0 aromatic carbocycles. The zero-order valence-corrected chi connectivity index (χ0v) is 9.92. The van der Waals surface area contributed by atoms with Crippen LogP contribution in [0, 0.1) is 0 Å². The molecular weight excluding hydrogens is 210 g/mol. The highest BCUT2D eigenvalue weighted by Crippen LogP contribution is 2.17. The summed E-state index contributed by atoms with van der Waals surface area (Å²) >= 11 is 1.60. The van der Waals surface area contributed by atoms with E-state index in [-0.39, 0.29) is 12.1 Å². The Hall–Kier alpha value is -0.650. The zero-order valence-electron chi connectivity index (χ0n) is 9.10. The Balaban J connectivity index is 2.33. The largest absolute Gasteiger partial charge is 0.394 e. The van der Waals surface area contributed by atoms with Crippen LogP contribution in [0.2, 0.25) is 0 Å². The Bertz CT molecular complexity index is 277. The van der Waals surface area contributed by atoms with Gasteiger partial charge in [-0.15, -0.1) is 0 Å². The summed E-state index contributed by atoms with van der Waals surface area (Å²) in [6, 6.07) is 1.80. The molecule has 0 fully saturated rings. The summed E-state index contributed by atoms with van der Waals surface area (Å²) in [6.07, 6.45) is 4.35. The maximum Gasteiger partial charge on any atom is 0.187 e. The third kappa shape index (κ3) is 4.15. The van der Waals surface area contributed by atoms with Crippen molar-refractivity contribution < 1.29 is 5.11 Å². The van der Waals surface area contributed by atoms with Crippen LogP contribution in [0.5, 0.6) is 0 Å². The molecular formula is C10H17N3OS. The summed E-state index contributed by atoms with van der Waals surface area (Å²) in [6.45, 7) is 2.14. The van der Waals surface area contributed by atoms with Crippen molar-refractivity contribution in [2.24, 2.45) is 0 Å². The molecule has 84 valence electrons. The molecule has 0 saturated carbocycles. The van der Waals surface area contributed by atoms with E-state index in [9.17, 15) is 5.11 Å². The van der Waals surface area contributed by atoms with E-state index in [2.05, 4.69) is 15.3 Å². The molecule has 0 aliphatic heterocycles. The first kappa shape index (κ1) is 12.4. The van der Waals surface area contributed by atoms with E-state index in [0.717, 1.165) is 17.3 Å². The van der Waals surface area contributed by atoms with Crippen molar-refractivity contribution in [2.45, 2.75) is 24.0 Å². The molecule has 2 N–H and O–H groups in total. The number of aliphatic hydroxyl groups is 1. The summed E-state index contributed by atoms with van der Waals surface area (Å²) in [5.41, 5.74) is -0.207. The average molecular weight is 227 g/mol. The molecule has 1 unspecified atom stereocenters. The summed E-state index contributed by atoms with van der Waals surface area (Å²) < 4.78 is 0. The van der Waals surface area contributed by atoms with Gasteiger partial charge in [0, 0.05) is 23.7 Å². The molecule has 1 aromatic heterocycles. The first-order valence-corrected chi connectivity index (χ1v) is 5.88. The van der Waals surface area contributed by atoms with Gasteiger partial charge in [0.15, 0.2) is 5.16 Å². The molecule has 0 bridgehead atoms. The summed E-state index contributed by atoms with van der Waals surface area (Å²) in [4.78, 5) is 8.24. The van der Waals surface area contributed by atoms with E-state index in [1.807, 2.05) is 14.0 Å². The van der Waals surface area contributed by atoms with Crippen molar-refractivity contribution in [3.05, 3.63) is 18.5 Å². The quantitative estimate of drug-likeness (QED) is 0.559. The van der Waals surface area contributed by atoms with Gasteiger partial charge in [0.05, 0.1) is 6.61 Å². The second kappa shape index (κ2) is 6.05. The van der Waals surface area contributed by atoms with Crippen LogP contribution < -0.4 is 5.32 Å². The molecule has 0 amide bonds. The van der Waals surface area contributed by atoms with Gasteiger partial charge < -0.3 is 10.4 Å². The molecule has 0 aliphatic carbocycles. The lowest BCUT2D eigenvalue weighted by atomic mass is 10.0. The maximum absolute atomic E-state index is 9.18. The third-order valence-electron chi connectivity index (χ3n) is 2.38. The van der Waals surface area contributed by atoms with Crippen molar-refractivity contribution in [1.82, 2.24) is 15.3 Å². The number of hydrogen-bond donors (Lipinski definition) is 2. The molecule has 5 heteroatoms. The number of likely N-dealkylation sites (N-methyl/N-ethyl adjacent to an activating group) is 1. The number of rotatable bonds is 6. The number of nitrogens with one attached hydrogen (secondary N) is 1. The van der Waals surface area contributed by atoms with Crippen LogP contribution in [-0.2, 0) is 0 Å². The predicted molar refractivity (Wildman–Crippen MR) is 61.9 cm³/mol. The van der Waals surface area contributed by atoms with Gasteiger partial charge in [-0.05, 0) is 26.5 Å². The van der Waals surface area contributed by atoms with E-state index >= 15 is 0 Å². The SMILES string of the molecule is CNC(C)(CO)CCSc1ncccn1. The lowest BCUT2D eigenvalue weighted by molar-refractivity contribution is 0.179. The van der Waals surface area contributed by atoms with Crippen molar-refractivity contribution >= 4 is 11.8 Å². The molecule has 1 aromatic rings. The van der Waals surface area contributed by atoms with Crippen molar-refractivity contribution in [2.75, 3.05) is 19.4 Å². The topological polar surface area (TPSA) is 58.0 Å². The standard InChI is InChI=1S/C10H17N3OS/c1-10(8-14,11-2)4-7-15-9-12-5-3-6-13-9/h3,5-6,11,14H,4,7-8H2,1-2H3. The third-order valence-corrected chi connectivity index (χ3v) is 3.26. The fourth-order valence-electron chi connectivity index (χ4n) is 1.01. The lowest BCUT2D eigenvalue weighted by Crippen LogP contribution is -2.43. The Morgan fingerprint density at radius 2 is 2.13 bits per heavy atom. The second-order valence-corrected chi connectivity index (χ2v) is 4.66. The number of aromatic nitrogens is 2. The van der Waals surface area contributed by atoms with Crippen LogP contribution in [0.25, 0.3) is 0 Å². The normalized spacial score (nSPS) is 14.9. The Labute approximate surface area is 94.5 Å². The van der Waals surface area contributed by atoms with Crippen LogP contribution in [0.4, 0.5) is 0 Å². The zero-order chi connectivity index (χ0) is 11.1. The maximum atomic E-state index is 9.18. The second-order valence-electron chi connectivity index (χ2n) is 3.60. The molecule has 1 heterocycles. The molecule has 0 aliphatic rings. The first-order chi connectivity index (χ1) is 7.20. The van der Waals surface area contributed by atoms with E-state index in [1.165, 1.54) is 0 Å². The highest BCUT2D eigenvalue weighted by molar-refractivity contribution is 7.99. The van der Waals surface area contributed by atoms with Gasteiger partial charge in [-0.1, -0.05) is 11.8 Å². The van der Waals surface area contributed by atoms with Crippen molar-refractivity contribution in [1.29, 1.82) is 0 Å². The number of thioether (sulfide) groups is 1. The van der Waals surface area contributed by atoms with Gasteiger partial charge in [0.25, 0.3) is 0 Å². The van der Waals surface area contributed by atoms with E-state index in [4.69, 9.17) is 0 Å². The van der Waals surface area contributed by atoms with Gasteiger partial charge in [-0.2, -0.15) is 0 Å². The lowest BCUT2D eigenvalue weighted by Gasteiger charge is -2.26. The van der Waals surface area contributed by atoms with Gasteiger partial charge in [-0.25, -0.2) is 9.97 Å². The minimum Gasteiger partial charge on any atom is -0.394 e. The summed E-state index contributed by atoms with van der Waals surface area (Å²) in [7, 11) is 1.86. The molecule has 0 radical (unpaired) electrons. The minimum absolute atomic E-state index is 0.139. The van der Waals surface area contributed by atoms with E-state index in [0.29, 0.717) is 0 Å². The highest BCUT2D eigenvalue weighted by Gasteiger charge is 2.20. The minimum atomic E-state index is -0.207. The monoisotopic (exact) mass is 227 g/mol. The van der Waals surface area contributed by atoms with Crippen LogP contribution in [0.1, 0.15) is 13.3 Å². The summed E-state index contributed by atoms with van der Waals surface area (Å²) in [5.74, 6) is 0.891. The summed E-state index contributed by atoms with van der Waals surface area (Å²) in [5, 5.41) is 13.1. The molecule has 0 saturated heterocycles. The van der Waals surface area contributed by atoms with Crippen molar-refractivity contribution in [3.63, 3.8) is 0 Å². The Kier molecular flexibility index (Phi) is 5.01. The Morgan fingerprint density at radius 1 is 1.47 bits per heavy atom. The molecule has 1 atom stereocenters. The molecule has 4 nitrogen and oxygen atoms in total. The van der Waals surface area contributed by atoms with Gasteiger partial charge in [0.2, 0.25) is 0 Å². The van der Waals surface area contributed by atoms with E-state index in [1.54, 1.807) is 30.2 Å². The van der Waals surface area contributed by atoms with Gasteiger partial charge in [0.1, 0.15) is 0 Å². The van der Waals surface area contributed by atoms with Gasteiger partial charge in [-0.3, -0.25) is 0 Å². The smallest absolute Gasteiger partial charge is 0.187 e.